The molecular formula is C12H12BrNO4. The molecule has 2 rings (SSSR count). The maximum Gasteiger partial charge on any atom is 0.410 e. The van der Waals surface area contributed by atoms with E-state index in [1.165, 1.54) is 4.90 Å². The molecule has 1 atom stereocenters. The number of benzene rings is 1. The molecule has 1 unspecified atom stereocenters. The fraction of sp³-hybridized carbons (Fsp3) is 0.333. The number of carbonyl (C=O) groups excluding carboxylic acids is 1. The average Bonchev–Trinajstić information content (AvgIpc) is 2.61. The van der Waals surface area contributed by atoms with Crippen LogP contribution in [0.2, 0.25) is 0 Å². The lowest BCUT2D eigenvalue weighted by atomic mass is 10.2. The summed E-state index contributed by atoms with van der Waals surface area (Å²) in [6, 6.07) is 7.58. The number of aliphatic carboxylic acids is 1. The van der Waals surface area contributed by atoms with Crippen LogP contribution in [0.25, 0.3) is 0 Å². The van der Waals surface area contributed by atoms with Crippen molar-refractivity contribution in [2.24, 2.45) is 0 Å². The highest BCUT2D eigenvalue weighted by atomic mass is 79.9. The number of hydrogen-bond acceptors (Lipinski definition) is 3. The van der Waals surface area contributed by atoms with Crippen molar-refractivity contribution in [3.05, 3.63) is 34.3 Å². The van der Waals surface area contributed by atoms with Gasteiger partial charge in [0.15, 0.2) is 0 Å². The van der Waals surface area contributed by atoms with Crippen LogP contribution in [0.15, 0.2) is 28.7 Å². The fourth-order valence-electron chi connectivity index (χ4n) is 1.84. The van der Waals surface area contributed by atoms with E-state index in [4.69, 9.17) is 9.84 Å². The SMILES string of the molecule is O=C(O)CC1CN(Cc2ccccc2Br)C(=O)O1. The first kappa shape index (κ1) is 12.9. The van der Waals surface area contributed by atoms with Crippen molar-refractivity contribution >= 4 is 28.0 Å². The molecule has 1 amide bonds. The van der Waals surface area contributed by atoms with Gasteiger partial charge in [0.25, 0.3) is 0 Å². The maximum absolute atomic E-state index is 11.6. The van der Waals surface area contributed by atoms with E-state index in [1.807, 2.05) is 24.3 Å². The largest absolute Gasteiger partial charge is 0.481 e. The first-order valence-corrected chi connectivity index (χ1v) is 6.26. The van der Waals surface area contributed by atoms with Gasteiger partial charge in [-0.2, -0.15) is 0 Å². The topological polar surface area (TPSA) is 66.8 Å². The first-order valence-electron chi connectivity index (χ1n) is 5.47. The molecule has 0 bridgehead atoms. The van der Waals surface area contributed by atoms with E-state index in [1.54, 1.807) is 0 Å². The monoisotopic (exact) mass is 313 g/mol. The van der Waals surface area contributed by atoms with Crippen LogP contribution in [-0.2, 0) is 16.1 Å². The molecule has 0 spiro atoms. The molecule has 5 nitrogen and oxygen atoms in total. The van der Waals surface area contributed by atoms with Crippen molar-refractivity contribution < 1.29 is 19.4 Å². The fourth-order valence-corrected chi connectivity index (χ4v) is 2.25. The quantitative estimate of drug-likeness (QED) is 0.925. The van der Waals surface area contributed by atoms with Crippen LogP contribution in [0.5, 0.6) is 0 Å². The molecule has 0 aliphatic carbocycles. The van der Waals surface area contributed by atoms with Crippen LogP contribution in [0.1, 0.15) is 12.0 Å². The van der Waals surface area contributed by atoms with Gasteiger partial charge < -0.3 is 14.7 Å². The van der Waals surface area contributed by atoms with Crippen molar-refractivity contribution in [1.82, 2.24) is 4.90 Å². The van der Waals surface area contributed by atoms with Gasteiger partial charge in [0.2, 0.25) is 0 Å². The Balaban J connectivity index is 2.01. The standard InChI is InChI=1S/C12H12BrNO4/c13-10-4-2-1-3-8(10)6-14-7-9(5-11(15)16)18-12(14)17/h1-4,9H,5-7H2,(H,15,16). The summed E-state index contributed by atoms with van der Waals surface area (Å²) in [6.45, 7) is 0.725. The second-order valence-corrected chi connectivity index (χ2v) is 4.93. The molecule has 1 aliphatic rings. The average molecular weight is 314 g/mol. The Kier molecular flexibility index (Phi) is 3.86. The van der Waals surface area contributed by atoms with Gasteiger partial charge in [-0.3, -0.25) is 4.79 Å². The Morgan fingerprint density at radius 1 is 1.50 bits per heavy atom. The summed E-state index contributed by atoms with van der Waals surface area (Å²) in [6.07, 6.45) is -1.17. The highest BCUT2D eigenvalue weighted by molar-refractivity contribution is 9.10. The molecule has 1 heterocycles. The second kappa shape index (κ2) is 5.39. The zero-order chi connectivity index (χ0) is 13.1. The van der Waals surface area contributed by atoms with Gasteiger partial charge in [0, 0.05) is 4.47 Å². The van der Waals surface area contributed by atoms with Crippen LogP contribution in [0, 0.1) is 0 Å². The lowest BCUT2D eigenvalue weighted by Gasteiger charge is -2.13. The smallest absolute Gasteiger partial charge is 0.410 e. The summed E-state index contributed by atoms with van der Waals surface area (Å²) < 4.78 is 5.90. The predicted molar refractivity (Wildman–Crippen MR) is 67.1 cm³/mol. The molecule has 1 aliphatic heterocycles. The molecule has 18 heavy (non-hydrogen) atoms. The number of carbonyl (C=O) groups is 2. The minimum absolute atomic E-state index is 0.155. The first-order chi connectivity index (χ1) is 8.56. The van der Waals surface area contributed by atoms with E-state index < -0.39 is 18.2 Å². The third kappa shape index (κ3) is 3.01. The molecule has 1 fully saturated rings. The Morgan fingerprint density at radius 2 is 2.22 bits per heavy atom. The molecule has 1 N–H and O–H groups in total. The van der Waals surface area contributed by atoms with Gasteiger partial charge in [0.1, 0.15) is 6.10 Å². The molecule has 0 saturated carbocycles. The van der Waals surface area contributed by atoms with E-state index in [-0.39, 0.29) is 6.42 Å². The molecule has 0 aromatic heterocycles. The second-order valence-electron chi connectivity index (χ2n) is 4.08. The van der Waals surface area contributed by atoms with Crippen LogP contribution >= 0.6 is 15.9 Å². The summed E-state index contributed by atoms with van der Waals surface area (Å²) in [5.41, 5.74) is 0.963. The van der Waals surface area contributed by atoms with Gasteiger partial charge in [-0.05, 0) is 11.6 Å². The van der Waals surface area contributed by atoms with E-state index in [2.05, 4.69) is 15.9 Å². The number of nitrogens with zero attached hydrogens (tertiary/aromatic N) is 1. The number of cyclic esters (lactones) is 1. The Hall–Kier alpha value is -1.56. The Labute approximate surface area is 112 Å². The number of halogens is 1. The molecule has 1 aromatic carbocycles. The molecule has 1 saturated heterocycles. The van der Waals surface area contributed by atoms with Gasteiger partial charge in [-0.1, -0.05) is 34.1 Å². The number of carboxylic acid groups (broad SMARTS) is 1. The van der Waals surface area contributed by atoms with Crippen LogP contribution in [-0.4, -0.2) is 34.7 Å². The van der Waals surface area contributed by atoms with E-state index in [9.17, 15) is 9.59 Å². The minimum Gasteiger partial charge on any atom is -0.481 e. The Bertz CT molecular complexity index is 477. The normalized spacial score (nSPS) is 18.8. The van der Waals surface area contributed by atoms with Crippen molar-refractivity contribution in [3.63, 3.8) is 0 Å². The highest BCUT2D eigenvalue weighted by Gasteiger charge is 2.32. The predicted octanol–water partition coefficient (Wildman–Crippen LogP) is 2.24. The summed E-state index contributed by atoms with van der Waals surface area (Å²) in [5, 5.41) is 8.66. The highest BCUT2D eigenvalue weighted by Crippen LogP contribution is 2.21. The van der Waals surface area contributed by atoms with Gasteiger partial charge in [-0.25, -0.2) is 4.79 Å². The van der Waals surface area contributed by atoms with Gasteiger partial charge >= 0.3 is 12.1 Å². The third-order valence-electron chi connectivity index (χ3n) is 2.67. The summed E-state index contributed by atoms with van der Waals surface area (Å²) in [4.78, 5) is 23.6. The molecule has 0 radical (unpaired) electrons. The number of amides is 1. The molecular weight excluding hydrogens is 302 g/mol. The zero-order valence-electron chi connectivity index (χ0n) is 9.51. The van der Waals surface area contributed by atoms with E-state index in [0.717, 1.165) is 10.0 Å². The van der Waals surface area contributed by atoms with E-state index >= 15 is 0 Å². The van der Waals surface area contributed by atoms with Crippen molar-refractivity contribution in [2.75, 3.05) is 6.54 Å². The van der Waals surface area contributed by atoms with Crippen LogP contribution in [0.4, 0.5) is 4.79 Å². The van der Waals surface area contributed by atoms with Gasteiger partial charge in [-0.15, -0.1) is 0 Å². The van der Waals surface area contributed by atoms with Crippen molar-refractivity contribution in [3.8, 4) is 0 Å². The number of ether oxygens (including phenoxy) is 1. The molecule has 1 aromatic rings. The summed E-state index contributed by atoms with van der Waals surface area (Å²) in [7, 11) is 0. The molecule has 6 heteroatoms. The lowest BCUT2D eigenvalue weighted by Crippen LogP contribution is -2.25. The maximum atomic E-state index is 11.6. The Morgan fingerprint density at radius 3 is 2.89 bits per heavy atom. The van der Waals surface area contributed by atoms with E-state index in [0.29, 0.717) is 13.1 Å². The van der Waals surface area contributed by atoms with Gasteiger partial charge in [0.05, 0.1) is 19.5 Å². The lowest BCUT2D eigenvalue weighted by molar-refractivity contribution is -0.138. The summed E-state index contributed by atoms with van der Waals surface area (Å²) in [5.74, 6) is -0.962. The zero-order valence-corrected chi connectivity index (χ0v) is 11.1. The van der Waals surface area contributed by atoms with Crippen LogP contribution < -0.4 is 0 Å². The third-order valence-corrected chi connectivity index (χ3v) is 3.44. The van der Waals surface area contributed by atoms with Crippen molar-refractivity contribution in [1.29, 1.82) is 0 Å². The number of rotatable bonds is 4. The number of hydrogen-bond donors (Lipinski definition) is 1. The van der Waals surface area contributed by atoms with Crippen molar-refractivity contribution in [2.45, 2.75) is 19.1 Å². The summed E-state index contributed by atoms with van der Waals surface area (Å²) >= 11 is 3.41. The minimum atomic E-state index is -0.962. The van der Waals surface area contributed by atoms with Crippen LogP contribution in [0.3, 0.4) is 0 Å². The molecule has 96 valence electrons. The number of carboxylic acids is 1.